The maximum atomic E-state index is 7.73. The molecule has 0 saturated heterocycles. The molecule has 0 radical (unpaired) electrons. The average Bonchev–Trinajstić information content (AvgIpc) is 2.15. The highest BCUT2D eigenvalue weighted by molar-refractivity contribution is 5.14. The number of benzene rings is 1. The van der Waals surface area contributed by atoms with Gasteiger partial charge in [0.05, 0.1) is 0 Å². The number of aryl methyl sites for hydroxylation is 1. The normalized spacial score (nSPS) is 15.6. The molecule has 0 aliphatic carbocycles. The third-order valence-electron chi connectivity index (χ3n) is 1.38. The summed E-state index contributed by atoms with van der Waals surface area (Å²) in [4.78, 5) is 0. The lowest BCUT2D eigenvalue weighted by Gasteiger charge is -1.96. The van der Waals surface area contributed by atoms with Crippen molar-refractivity contribution in [3.05, 3.63) is 35.9 Å². The van der Waals surface area contributed by atoms with Gasteiger partial charge in [-0.1, -0.05) is 43.7 Å². The van der Waals surface area contributed by atoms with E-state index in [9.17, 15) is 0 Å². The molecule has 0 heteroatoms. The molecule has 0 aromatic heterocycles. The van der Waals surface area contributed by atoms with Crippen molar-refractivity contribution in [2.75, 3.05) is 0 Å². The molecule has 0 nitrogen and oxygen atoms in total. The Kier molecular flexibility index (Phi) is 2.03. The molecule has 1 aromatic carbocycles. The van der Waals surface area contributed by atoms with E-state index in [2.05, 4.69) is 0 Å². The Morgan fingerprint density at radius 1 is 1.40 bits per heavy atom. The Hall–Kier alpha value is -0.780. The summed E-state index contributed by atoms with van der Waals surface area (Å²) in [5.41, 5.74) is 1.06. The molecule has 0 saturated carbocycles. The largest absolute Gasteiger partial charge is 0.0654 e. The molecule has 0 heterocycles. The molecule has 0 aliphatic heterocycles. The molecule has 0 bridgehead atoms. The van der Waals surface area contributed by atoms with Gasteiger partial charge in [0.2, 0.25) is 0 Å². The topological polar surface area (TPSA) is 0 Å². The minimum Gasteiger partial charge on any atom is -0.0654 e. The summed E-state index contributed by atoms with van der Waals surface area (Å²) in [5.74, 6) is 0. The van der Waals surface area contributed by atoms with Crippen molar-refractivity contribution in [2.24, 2.45) is 0 Å². The van der Waals surface area contributed by atoms with Gasteiger partial charge < -0.3 is 0 Å². The first-order chi connectivity index (χ1) is 5.84. The van der Waals surface area contributed by atoms with Gasteiger partial charge in [0, 0.05) is 2.74 Å². The van der Waals surface area contributed by atoms with Crippen LogP contribution < -0.4 is 0 Å². The molecule has 10 heavy (non-hydrogen) atoms. The fourth-order valence-corrected chi connectivity index (χ4v) is 0.858. The van der Waals surface area contributed by atoms with Crippen molar-refractivity contribution < 1.29 is 2.74 Å². The fraction of sp³-hybridized carbons (Fsp3) is 0.400. The van der Waals surface area contributed by atoms with E-state index >= 15 is 0 Å². The molecule has 1 atom stereocenters. The minimum absolute atomic E-state index is 0.142. The SMILES string of the molecule is [2H]CCCC([2H])c1ccccc1. The maximum absolute atomic E-state index is 7.73. The van der Waals surface area contributed by atoms with E-state index in [1.54, 1.807) is 0 Å². The zero-order chi connectivity index (χ0) is 8.81. The lowest BCUT2D eigenvalue weighted by molar-refractivity contribution is 0.795. The zero-order valence-electron chi connectivity index (χ0n) is 8.09. The standard InChI is InChI=1S/C10H14/c1-2-3-7-10-8-5-4-6-9-10/h4-6,8-9H,2-3,7H2,1H3/i1D,7D. The van der Waals surface area contributed by atoms with Crippen LogP contribution in [0.2, 0.25) is 0 Å². The van der Waals surface area contributed by atoms with Crippen LogP contribution in [0.1, 0.15) is 28.0 Å². The van der Waals surface area contributed by atoms with Crippen molar-refractivity contribution in [1.29, 1.82) is 0 Å². The fourth-order valence-electron chi connectivity index (χ4n) is 0.858. The van der Waals surface area contributed by atoms with E-state index in [1.807, 2.05) is 30.3 Å². The van der Waals surface area contributed by atoms with E-state index in [0.717, 1.165) is 18.4 Å². The molecule has 0 aliphatic rings. The van der Waals surface area contributed by atoms with Crippen LogP contribution in [0.15, 0.2) is 30.3 Å². The van der Waals surface area contributed by atoms with Gasteiger partial charge in [0.25, 0.3) is 0 Å². The summed E-state index contributed by atoms with van der Waals surface area (Å²) < 4.78 is 14.7. The van der Waals surface area contributed by atoms with Crippen LogP contribution >= 0.6 is 0 Å². The van der Waals surface area contributed by atoms with Crippen molar-refractivity contribution in [1.82, 2.24) is 0 Å². The quantitative estimate of drug-likeness (QED) is 0.599. The van der Waals surface area contributed by atoms with Crippen molar-refractivity contribution in [3.63, 3.8) is 0 Å². The smallest absolute Gasteiger partial charge is 0.0316 e. The zero-order valence-corrected chi connectivity index (χ0v) is 6.09. The highest BCUT2D eigenvalue weighted by Crippen LogP contribution is 2.03. The number of hydrogen-bond acceptors (Lipinski definition) is 0. The van der Waals surface area contributed by atoms with E-state index < -0.39 is 0 Å². The van der Waals surface area contributed by atoms with E-state index in [4.69, 9.17) is 2.74 Å². The van der Waals surface area contributed by atoms with Crippen LogP contribution in [-0.4, -0.2) is 0 Å². The first kappa shape index (κ1) is 4.95. The van der Waals surface area contributed by atoms with E-state index in [-0.39, 0.29) is 6.40 Å². The Morgan fingerprint density at radius 2 is 2.20 bits per heavy atom. The second kappa shape index (κ2) is 4.10. The van der Waals surface area contributed by atoms with Crippen LogP contribution in [0.4, 0.5) is 0 Å². The van der Waals surface area contributed by atoms with Crippen LogP contribution in [0, 0.1) is 0 Å². The van der Waals surface area contributed by atoms with Crippen LogP contribution in [0.25, 0.3) is 0 Å². The van der Waals surface area contributed by atoms with E-state index in [0.29, 0.717) is 6.90 Å². The van der Waals surface area contributed by atoms with Crippen LogP contribution in [0.3, 0.4) is 0 Å². The summed E-state index contributed by atoms with van der Waals surface area (Å²) in [6.07, 6.45) is 1.48. The predicted octanol–water partition coefficient (Wildman–Crippen LogP) is 3.03. The van der Waals surface area contributed by atoms with Gasteiger partial charge in [0.1, 0.15) is 0 Å². The van der Waals surface area contributed by atoms with Gasteiger partial charge in [0.15, 0.2) is 0 Å². The molecular weight excluding hydrogens is 120 g/mol. The monoisotopic (exact) mass is 136 g/mol. The molecule has 54 valence electrons. The van der Waals surface area contributed by atoms with Crippen molar-refractivity contribution >= 4 is 0 Å². The van der Waals surface area contributed by atoms with Crippen molar-refractivity contribution in [3.8, 4) is 0 Å². The summed E-state index contributed by atoms with van der Waals surface area (Å²) in [6.45, 7) is 0.433. The van der Waals surface area contributed by atoms with Gasteiger partial charge in [-0.15, -0.1) is 0 Å². The first-order valence-electron chi connectivity index (χ1n) is 4.89. The maximum Gasteiger partial charge on any atom is 0.0316 e. The van der Waals surface area contributed by atoms with Crippen LogP contribution in [0.5, 0.6) is 0 Å². The average molecular weight is 136 g/mol. The summed E-state index contributed by atoms with van der Waals surface area (Å²) >= 11 is 0. The Labute approximate surface area is 65.7 Å². The van der Waals surface area contributed by atoms with Gasteiger partial charge in [-0.3, -0.25) is 0 Å². The molecule has 0 N–H and O–H groups in total. The third-order valence-corrected chi connectivity index (χ3v) is 1.38. The van der Waals surface area contributed by atoms with Crippen LogP contribution in [-0.2, 0) is 6.40 Å². The van der Waals surface area contributed by atoms with Gasteiger partial charge in [-0.2, -0.15) is 0 Å². The highest BCUT2D eigenvalue weighted by Gasteiger charge is 1.87. The Morgan fingerprint density at radius 3 is 2.90 bits per heavy atom. The third kappa shape index (κ3) is 2.22. The lowest BCUT2D eigenvalue weighted by Crippen LogP contribution is -1.81. The molecule has 1 aromatic rings. The van der Waals surface area contributed by atoms with Gasteiger partial charge in [-0.05, 0) is 18.4 Å². The number of rotatable bonds is 3. The summed E-state index contributed by atoms with van der Waals surface area (Å²) in [6, 6.07) is 9.82. The highest BCUT2D eigenvalue weighted by atomic mass is 13.9. The molecule has 1 unspecified atom stereocenters. The number of hydrogen-bond donors (Lipinski definition) is 0. The minimum atomic E-state index is -0.142. The summed E-state index contributed by atoms with van der Waals surface area (Å²) in [5, 5.41) is 0. The Balaban J connectivity index is 2.48. The predicted molar refractivity (Wildman–Crippen MR) is 45.1 cm³/mol. The van der Waals surface area contributed by atoms with E-state index in [1.165, 1.54) is 0 Å². The first-order valence-corrected chi connectivity index (χ1v) is 3.61. The molecule has 0 amide bonds. The van der Waals surface area contributed by atoms with Gasteiger partial charge in [-0.25, -0.2) is 0 Å². The molecular formula is C10H14. The molecule has 1 rings (SSSR count). The Bertz CT molecular complexity index is 208. The molecule has 0 fully saturated rings. The van der Waals surface area contributed by atoms with Crippen molar-refractivity contribution in [2.45, 2.75) is 26.1 Å². The second-order valence-electron chi connectivity index (χ2n) is 2.26. The molecule has 0 spiro atoms. The lowest BCUT2D eigenvalue weighted by atomic mass is 10.1. The summed E-state index contributed by atoms with van der Waals surface area (Å²) in [7, 11) is 0. The second-order valence-corrected chi connectivity index (χ2v) is 2.26. The van der Waals surface area contributed by atoms with Gasteiger partial charge >= 0.3 is 0 Å².